The monoisotopic (exact) mass is 371 g/mol. The third-order valence-corrected chi connectivity index (χ3v) is 5.40. The Morgan fingerprint density at radius 2 is 1.96 bits per heavy atom. The molecule has 0 spiro atoms. The van der Waals surface area contributed by atoms with Crippen LogP contribution in [0.25, 0.3) is 11.5 Å². The maximum atomic E-state index is 12.4. The number of imide groups is 1. The van der Waals surface area contributed by atoms with Gasteiger partial charge in [0.05, 0.1) is 11.8 Å². The summed E-state index contributed by atoms with van der Waals surface area (Å²) >= 11 is 1.26. The molecule has 3 heterocycles. The maximum Gasteiger partial charge on any atom is 0.246 e. The number of allylic oxidation sites excluding steroid dienone is 2. The SMILES string of the molecule is Cc1ccc(-c2csc(NC(=O)CN3C(=O)[C@H]4CC=CC[C@@H]4C3=O)n2)o1. The van der Waals surface area contributed by atoms with Gasteiger partial charge in [0.15, 0.2) is 10.9 Å². The van der Waals surface area contributed by atoms with E-state index in [0.29, 0.717) is 29.4 Å². The van der Waals surface area contributed by atoms with E-state index in [0.717, 1.165) is 10.7 Å². The molecule has 2 aromatic heterocycles. The van der Waals surface area contributed by atoms with Crippen molar-refractivity contribution in [2.75, 3.05) is 11.9 Å². The molecule has 3 amide bonds. The van der Waals surface area contributed by atoms with Crippen LogP contribution in [0.15, 0.2) is 34.1 Å². The van der Waals surface area contributed by atoms with Gasteiger partial charge in [0.2, 0.25) is 17.7 Å². The molecule has 1 fully saturated rings. The van der Waals surface area contributed by atoms with Gasteiger partial charge >= 0.3 is 0 Å². The number of carbonyl (C=O) groups excluding carboxylic acids is 3. The normalized spacial score (nSPS) is 22.0. The van der Waals surface area contributed by atoms with Crippen molar-refractivity contribution in [1.29, 1.82) is 0 Å². The summed E-state index contributed by atoms with van der Waals surface area (Å²) < 4.78 is 5.51. The van der Waals surface area contributed by atoms with E-state index in [4.69, 9.17) is 4.42 Å². The lowest BCUT2D eigenvalue weighted by atomic mass is 9.85. The minimum Gasteiger partial charge on any atom is -0.460 e. The number of nitrogens with zero attached hydrogens (tertiary/aromatic N) is 2. The Bertz CT molecular complexity index is 887. The van der Waals surface area contributed by atoms with Crippen LogP contribution in [0.5, 0.6) is 0 Å². The second-order valence-electron chi connectivity index (χ2n) is 6.41. The summed E-state index contributed by atoms with van der Waals surface area (Å²) in [5.41, 5.74) is 0.629. The molecule has 1 N–H and O–H groups in total. The molecule has 7 nitrogen and oxygen atoms in total. The summed E-state index contributed by atoms with van der Waals surface area (Å²) in [6.45, 7) is 1.56. The smallest absolute Gasteiger partial charge is 0.246 e. The van der Waals surface area contributed by atoms with Gasteiger partial charge in [0, 0.05) is 5.38 Å². The van der Waals surface area contributed by atoms with Crippen LogP contribution >= 0.6 is 11.3 Å². The van der Waals surface area contributed by atoms with E-state index in [2.05, 4.69) is 10.3 Å². The Morgan fingerprint density at radius 1 is 1.27 bits per heavy atom. The molecule has 0 aromatic carbocycles. The second kappa shape index (κ2) is 6.53. The minimum atomic E-state index is -0.435. The fraction of sp³-hybridized carbons (Fsp3) is 0.333. The highest BCUT2D eigenvalue weighted by molar-refractivity contribution is 7.14. The van der Waals surface area contributed by atoms with Crippen LogP contribution in [0.1, 0.15) is 18.6 Å². The van der Waals surface area contributed by atoms with Crippen LogP contribution in [-0.4, -0.2) is 34.2 Å². The number of fused-ring (bicyclic) bond motifs is 1. The number of hydrogen-bond donors (Lipinski definition) is 1. The Kier molecular flexibility index (Phi) is 4.20. The molecule has 8 heteroatoms. The highest BCUT2D eigenvalue weighted by Gasteiger charge is 2.47. The van der Waals surface area contributed by atoms with Crippen LogP contribution in [0.3, 0.4) is 0 Å². The number of amides is 3. The fourth-order valence-corrected chi connectivity index (χ4v) is 4.06. The zero-order valence-corrected chi connectivity index (χ0v) is 14.9. The number of likely N-dealkylation sites (tertiary alicyclic amines) is 1. The topological polar surface area (TPSA) is 92.5 Å². The molecular weight excluding hydrogens is 354 g/mol. The van der Waals surface area contributed by atoms with Gasteiger partial charge < -0.3 is 9.73 Å². The quantitative estimate of drug-likeness (QED) is 0.659. The Morgan fingerprint density at radius 3 is 2.58 bits per heavy atom. The molecule has 0 radical (unpaired) electrons. The van der Waals surface area contributed by atoms with Crippen molar-refractivity contribution in [3.63, 3.8) is 0 Å². The van der Waals surface area contributed by atoms with Crippen LogP contribution in [-0.2, 0) is 14.4 Å². The van der Waals surface area contributed by atoms with E-state index < -0.39 is 5.91 Å². The number of aromatic nitrogens is 1. The molecule has 26 heavy (non-hydrogen) atoms. The minimum absolute atomic E-state index is 0.259. The van der Waals surface area contributed by atoms with Gasteiger partial charge in [-0.2, -0.15) is 0 Å². The van der Waals surface area contributed by atoms with Crippen molar-refractivity contribution in [3.05, 3.63) is 35.4 Å². The predicted octanol–water partition coefficient (Wildman–Crippen LogP) is 2.60. The largest absolute Gasteiger partial charge is 0.460 e. The van der Waals surface area contributed by atoms with E-state index in [9.17, 15) is 14.4 Å². The van der Waals surface area contributed by atoms with Gasteiger partial charge in [-0.1, -0.05) is 12.2 Å². The molecule has 0 saturated carbocycles. The van der Waals surface area contributed by atoms with Crippen LogP contribution in [0, 0.1) is 18.8 Å². The van der Waals surface area contributed by atoms with Gasteiger partial charge in [-0.15, -0.1) is 11.3 Å². The van der Waals surface area contributed by atoms with Crippen molar-refractivity contribution in [1.82, 2.24) is 9.88 Å². The first-order valence-electron chi connectivity index (χ1n) is 8.35. The highest BCUT2D eigenvalue weighted by atomic mass is 32.1. The number of carbonyl (C=O) groups is 3. The van der Waals surface area contributed by atoms with E-state index in [1.807, 2.05) is 31.2 Å². The molecule has 2 aliphatic rings. The van der Waals surface area contributed by atoms with E-state index in [1.54, 1.807) is 5.38 Å². The second-order valence-corrected chi connectivity index (χ2v) is 7.27. The van der Waals surface area contributed by atoms with E-state index in [1.165, 1.54) is 11.3 Å². The van der Waals surface area contributed by atoms with E-state index in [-0.39, 0.29) is 30.2 Å². The first kappa shape index (κ1) is 16.7. The summed E-state index contributed by atoms with van der Waals surface area (Å²) in [6.07, 6.45) is 4.96. The number of aryl methyl sites for hydroxylation is 1. The molecule has 2 atom stereocenters. The molecule has 134 valence electrons. The van der Waals surface area contributed by atoms with Gasteiger partial charge in [-0.3, -0.25) is 19.3 Å². The number of rotatable bonds is 4. The van der Waals surface area contributed by atoms with Crippen molar-refractivity contribution in [2.45, 2.75) is 19.8 Å². The summed E-state index contributed by atoms with van der Waals surface area (Å²) in [7, 11) is 0. The zero-order valence-electron chi connectivity index (χ0n) is 14.1. The molecule has 0 bridgehead atoms. The average molecular weight is 371 g/mol. The summed E-state index contributed by atoms with van der Waals surface area (Å²) in [5, 5.41) is 4.83. The highest BCUT2D eigenvalue weighted by Crippen LogP contribution is 2.35. The maximum absolute atomic E-state index is 12.4. The van der Waals surface area contributed by atoms with Gasteiger partial charge in [-0.05, 0) is 31.9 Å². The number of hydrogen-bond acceptors (Lipinski definition) is 6. The van der Waals surface area contributed by atoms with Crippen molar-refractivity contribution < 1.29 is 18.8 Å². The third kappa shape index (κ3) is 2.96. The Balaban J connectivity index is 1.41. The lowest BCUT2D eigenvalue weighted by molar-refractivity contribution is -0.142. The predicted molar refractivity (Wildman–Crippen MR) is 95.3 cm³/mol. The fourth-order valence-electron chi connectivity index (χ4n) is 3.34. The van der Waals surface area contributed by atoms with Gasteiger partial charge in [-0.25, -0.2) is 4.98 Å². The number of thiazole rings is 1. The number of furan rings is 1. The van der Waals surface area contributed by atoms with E-state index >= 15 is 0 Å². The van der Waals surface area contributed by atoms with Gasteiger partial charge in [0.1, 0.15) is 18.0 Å². The standard InChI is InChI=1S/C18H17N3O4S/c1-10-6-7-14(25-10)13-9-26-18(19-13)20-15(22)8-21-16(23)11-4-2-3-5-12(11)17(21)24/h2-3,6-7,9,11-12H,4-5,8H2,1H3,(H,19,20,22)/t11-,12-/m0/s1. The summed E-state index contributed by atoms with van der Waals surface area (Å²) in [4.78, 5) is 42.5. The zero-order chi connectivity index (χ0) is 18.3. The third-order valence-electron chi connectivity index (χ3n) is 4.64. The molecule has 4 rings (SSSR count). The lowest BCUT2D eigenvalue weighted by Gasteiger charge is -2.14. The number of nitrogens with one attached hydrogen (secondary N) is 1. The molecule has 1 aliphatic carbocycles. The van der Waals surface area contributed by atoms with Crippen LogP contribution in [0.4, 0.5) is 5.13 Å². The molecule has 0 unspecified atom stereocenters. The summed E-state index contributed by atoms with van der Waals surface area (Å²) in [5.74, 6) is -0.199. The van der Waals surface area contributed by atoms with Crippen molar-refractivity contribution in [2.24, 2.45) is 11.8 Å². The molecule has 2 aromatic rings. The first-order valence-corrected chi connectivity index (χ1v) is 9.23. The van der Waals surface area contributed by atoms with Crippen LogP contribution < -0.4 is 5.32 Å². The molecular formula is C18H17N3O4S. The van der Waals surface area contributed by atoms with Gasteiger partial charge in [0.25, 0.3) is 0 Å². The molecule has 1 aliphatic heterocycles. The first-order chi connectivity index (χ1) is 12.5. The van der Waals surface area contributed by atoms with Crippen LogP contribution in [0.2, 0.25) is 0 Å². The summed E-state index contributed by atoms with van der Waals surface area (Å²) in [6, 6.07) is 3.65. The lowest BCUT2D eigenvalue weighted by Crippen LogP contribution is -2.38. The van der Waals surface area contributed by atoms with Crippen molar-refractivity contribution >= 4 is 34.2 Å². The molecule has 1 saturated heterocycles. The number of anilines is 1. The van der Waals surface area contributed by atoms with Crippen molar-refractivity contribution in [3.8, 4) is 11.5 Å². The average Bonchev–Trinajstić information content (AvgIpc) is 3.32. The Labute approximate surface area is 153 Å². The Hall–Kier alpha value is -2.74.